The minimum absolute atomic E-state index is 0.106. The van der Waals surface area contributed by atoms with Crippen molar-refractivity contribution in [1.29, 1.82) is 0 Å². The molecule has 0 unspecified atom stereocenters. The molecule has 1 amide bonds. The number of rotatable bonds is 8. The van der Waals surface area contributed by atoms with Crippen molar-refractivity contribution in [2.45, 2.75) is 39.2 Å². The lowest BCUT2D eigenvalue weighted by atomic mass is 10.1. The number of nitrogens with zero attached hydrogens (tertiary/aromatic N) is 2. The fourth-order valence-corrected chi connectivity index (χ4v) is 3.09. The maximum Gasteiger partial charge on any atom is 0.220 e. The number of hydrogen-bond donors (Lipinski definition) is 2. The summed E-state index contributed by atoms with van der Waals surface area (Å²) in [5.41, 5.74) is 3.26. The average Bonchev–Trinajstić information content (AvgIpc) is 3.15. The number of aromatic nitrogens is 3. The van der Waals surface area contributed by atoms with Gasteiger partial charge < -0.3 is 10.3 Å². The third kappa shape index (κ3) is 4.63. The van der Waals surface area contributed by atoms with E-state index in [2.05, 4.69) is 27.5 Å². The number of aromatic amines is 1. The van der Waals surface area contributed by atoms with Crippen LogP contribution in [0.1, 0.15) is 30.5 Å². The molecular formula is C19H23ClN4O. The summed E-state index contributed by atoms with van der Waals surface area (Å²) in [5.74, 6) is 0.106. The van der Waals surface area contributed by atoms with Crippen LogP contribution in [-0.2, 0) is 17.8 Å². The van der Waals surface area contributed by atoms with Gasteiger partial charge in [-0.2, -0.15) is 5.10 Å². The Morgan fingerprint density at radius 2 is 2.16 bits per heavy atom. The van der Waals surface area contributed by atoms with Crippen LogP contribution in [0.25, 0.3) is 10.9 Å². The number of nitrogens with one attached hydrogen (secondary N) is 2. The van der Waals surface area contributed by atoms with Crippen LogP contribution >= 0.6 is 11.6 Å². The van der Waals surface area contributed by atoms with Gasteiger partial charge >= 0.3 is 0 Å². The Kier molecular flexibility index (Phi) is 5.76. The third-order valence-corrected chi connectivity index (χ3v) is 4.67. The molecule has 2 N–H and O–H groups in total. The summed E-state index contributed by atoms with van der Waals surface area (Å²) in [6, 6.07) is 8.25. The average molecular weight is 359 g/mol. The quantitative estimate of drug-likeness (QED) is 0.601. The normalized spacial score (nSPS) is 11.1. The summed E-state index contributed by atoms with van der Waals surface area (Å²) in [7, 11) is 0. The van der Waals surface area contributed by atoms with Crippen molar-refractivity contribution in [1.82, 2.24) is 20.1 Å². The van der Waals surface area contributed by atoms with Gasteiger partial charge in [-0.1, -0.05) is 29.8 Å². The first-order chi connectivity index (χ1) is 12.1. The van der Waals surface area contributed by atoms with Gasteiger partial charge in [0.2, 0.25) is 5.91 Å². The van der Waals surface area contributed by atoms with Gasteiger partial charge in [0, 0.05) is 42.8 Å². The molecule has 0 fully saturated rings. The van der Waals surface area contributed by atoms with Gasteiger partial charge in [0.05, 0.1) is 10.7 Å². The first-order valence-corrected chi connectivity index (χ1v) is 9.02. The molecule has 3 rings (SSSR count). The monoisotopic (exact) mass is 358 g/mol. The Hall–Kier alpha value is -2.27. The smallest absolute Gasteiger partial charge is 0.220 e. The van der Waals surface area contributed by atoms with Gasteiger partial charge in [0.15, 0.2) is 0 Å². The van der Waals surface area contributed by atoms with E-state index in [0.717, 1.165) is 37.0 Å². The van der Waals surface area contributed by atoms with E-state index in [4.69, 9.17) is 11.6 Å². The van der Waals surface area contributed by atoms with Crippen molar-refractivity contribution < 1.29 is 4.79 Å². The number of carbonyl (C=O) groups is 1. The van der Waals surface area contributed by atoms with Crippen LogP contribution in [0.5, 0.6) is 0 Å². The molecule has 0 saturated carbocycles. The van der Waals surface area contributed by atoms with Crippen LogP contribution in [-0.4, -0.2) is 27.2 Å². The van der Waals surface area contributed by atoms with Gasteiger partial charge in [-0.15, -0.1) is 0 Å². The largest absolute Gasteiger partial charge is 0.361 e. The van der Waals surface area contributed by atoms with Crippen molar-refractivity contribution in [2.24, 2.45) is 0 Å². The van der Waals surface area contributed by atoms with Crippen LogP contribution in [0, 0.1) is 6.92 Å². The number of carbonyl (C=O) groups excluding carboxylic acids is 1. The molecule has 0 radical (unpaired) electrons. The van der Waals surface area contributed by atoms with Gasteiger partial charge in [0.25, 0.3) is 0 Å². The maximum atomic E-state index is 11.9. The molecule has 132 valence electrons. The van der Waals surface area contributed by atoms with Crippen LogP contribution in [0.15, 0.2) is 36.7 Å². The lowest BCUT2D eigenvalue weighted by Crippen LogP contribution is -2.25. The Labute approximate surface area is 152 Å². The van der Waals surface area contributed by atoms with Crippen molar-refractivity contribution in [3.8, 4) is 0 Å². The number of halogens is 1. The van der Waals surface area contributed by atoms with Crippen LogP contribution in [0.2, 0.25) is 5.02 Å². The Balaban J connectivity index is 1.34. The lowest BCUT2D eigenvalue weighted by molar-refractivity contribution is -0.121. The highest BCUT2D eigenvalue weighted by Gasteiger charge is 2.06. The number of fused-ring (bicyclic) bond motifs is 1. The van der Waals surface area contributed by atoms with Crippen LogP contribution in [0.3, 0.4) is 0 Å². The highest BCUT2D eigenvalue weighted by Crippen LogP contribution is 2.19. The van der Waals surface area contributed by atoms with E-state index >= 15 is 0 Å². The maximum absolute atomic E-state index is 11.9. The molecule has 25 heavy (non-hydrogen) atoms. The molecule has 0 atom stereocenters. The highest BCUT2D eigenvalue weighted by atomic mass is 35.5. The van der Waals surface area contributed by atoms with Crippen LogP contribution < -0.4 is 5.32 Å². The molecule has 1 aromatic carbocycles. The molecule has 0 aliphatic rings. The van der Waals surface area contributed by atoms with E-state index in [0.29, 0.717) is 18.0 Å². The van der Waals surface area contributed by atoms with Gasteiger partial charge in [-0.05, 0) is 37.8 Å². The van der Waals surface area contributed by atoms with Crippen molar-refractivity contribution in [3.63, 3.8) is 0 Å². The molecule has 0 bridgehead atoms. The van der Waals surface area contributed by atoms with Crippen molar-refractivity contribution in [3.05, 3.63) is 52.9 Å². The Morgan fingerprint density at radius 3 is 2.96 bits per heavy atom. The first kappa shape index (κ1) is 17.5. The predicted octanol–water partition coefficient (Wildman–Crippen LogP) is 3.86. The summed E-state index contributed by atoms with van der Waals surface area (Å²) >= 11 is 5.97. The second-order valence-corrected chi connectivity index (χ2v) is 6.65. The molecule has 5 nitrogen and oxygen atoms in total. The predicted molar refractivity (Wildman–Crippen MR) is 101 cm³/mol. The second kappa shape index (κ2) is 8.21. The van der Waals surface area contributed by atoms with Gasteiger partial charge in [-0.25, -0.2) is 0 Å². The number of para-hydroxylation sites is 1. The minimum Gasteiger partial charge on any atom is -0.361 e. The van der Waals surface area contributed by atoms with E-state index < -0.39 is 0 Å². The topological polar surface area (TPSA) is 62.7 Å². The Bertz CT molecular complexity index is 833. The lowest BCUT2D eigenvalue weighted by Gasteiger charge is -2.05. The molecule has 0 saturated heterocycles. The summed E-state index contributed by atoms with van der Waals surface area (Å²) in [5, 5.41) is 9.20. The van der Waals surface area contributed by atoms with E-state index in [9.17, 15) is 4.79 Å². The summed E-state index contributed by atoms with van der Waals surface area (Å²) in [6.07, 6.45) is 7.00. The highest BCUT2D eigenvalue weighted by molar-refractivity contribution is 6.31. The van der Waals surface area contributed by atoms with Crippen molar-refractivity contribution >= 4 is 28.4 Å². The SMILES string of the molecule is Cc1nn(CCCNC(=O)CCCc2c[nH]c3ccccc23)cc1Cl. The zero-order valence-electron chi connectivity index (χ0n) is 14.4. The second-order valence-electron chi connectivity index (χ2n) is 6.24. The molecule has 0 spiro atoms. The summed E-state index contributed by atoms with van der Waals surface area (Å²) in [6.45, 7) is 3.29. The third-order valence-electron chi connectivity index (χ3n) is 4.30. The summed E-state index contributed by atoms with van der Waals surface area (Å²) in [4.78, 5) is 15.2. The number of hydrogen-bond acceptors (Lipinski definition) is 2. The van der Waals surface area contributed by atoms with Gasteiger partial charge in [-0.3, -0.25) is 9.48 Å². The van der Waals surface area contributed by atoms with E-state index in [-0.39, 0.29) is 5.91 Å². The van der Waals surface area contributed by atoms with Crippen molar-refractivity contribution in [2.75, 3.05) is 6.54 Å². The zero-order valence-corrected chi connectivity index (χ0v) is 15.1. The van der Waals surface area contributed by atoms with E-state index in [1.54, 1.807) is 0 Å². The Morgan fingerprint density at radius 1 is 1.32 bits per heavy atom. The fourth-order valence-electron chi connectivity index (χ4n) is 2.94. The van der Waals surface area contributed by atoms with Gasteiger partial charge in [0.1, 0.15) is 0 Å². The number of amides is 1. The zero-order chi connectivity index (χ0) is 17.6. The van der Waals surface area contributed by atoms with E-state index in [1.165, 1.54) is 10.9 Å². The first-order valence-electron chi connectivity index (χ1n) is 8.65. The fraction of sp³-hybridized carbons (Fsp3) is 0.368. The minimum atomic E-state index is 0.106. The molecule has 6 heteroatoms. The molecule has 0 aliphatic heterocycles. The standard InChI is InChI=1S/C19H23ClN4O/c1-14-17(20)13-24(23-14)11-5-10-21-19(25)9-4-6-15-12-22-18-8-3-2-7-16(15)18/h2-3,7-8,12-13,22H,4-6,9-11H2,1H3,(H,21,25). The summed E-state index contributed by atoms with van der Waals surface area (Å²) < 4.78 is 1.82. The molecule has 3 aromatic rings. The number of H-pyrrole nitrogens is 1. The number of aryl methyl sites for hydroxylation is 3. The van der Waals surface area contributed by atoms with Crippen LogP contribution in [0.4, 0.5) is 0 Å². The molecular weight excluding hydrogens is 336 g/mol. The molecule has 0 aliphatic carbocycles. The number of benzene rings is 1. The van der Waals surface area contributed by atoms with E-state index in [1.807, 2.05) is 36.1 Å². The molecule has 2 heterocycles. The molecule has 2 aromatic heterocycles.